The van der Waals surface area contributed by atoms with E-state index >= 15 is 0 Å². The number of para-hydroxylation sites is 1. The third-order valence-corrected chi connectivity index (χ3v) is 3.75. The second-order valence-electron chi connectivity index (χ2n) is 5.76. The first kappa shape index (κ1) is 18.7. The Labute approximate surface area is 146 Å². The quantitative estimate of drug-likeness (QED) is 0.740. The van der Waals surface area contributed by atoms with Gasteiger partial charge in [0.15, 0.2) is 11.6 Å². The van der Waals surface area contributed by atoms with E-state index in [0.717, 1.165) is 23.4 Å². The van der Waals surface area contributed by atoms with Gasteiger partial charge in [-0.2, -0.15) is 0 Å². The van der Waals surface area contributed by atoms with Crippen LogP contribution in [0, 0.1) is 18.6 Å². The fraction of sp³-hybridized carbons (Fsp3) is 0.316. The summed E-state index contributed by atoms with van der Waals surface area (Å²) in [5, 5.41) is 5.39. The minimum Gasteiger partial charge on any atom is -0.493 e. The molecule has 0 fully saturated rings. The van der Waals surface area contributed by atoms with Gasteiger partial charge in [-0.1, -0.05) is 24.3 Å². The average Bonchev–Trinajstić information content (AvgIpc) is 2.58. The summed E-state index contributed by atoms with van der Waals surface area (Å²) in [5.41, 5.74) is 1.56. The van der Waals surface area contributed by atoms with Crippen LogP contribution in [0.25, 0.3) is 0 Å². The maximum absolute atomic E-state index is 13.2. The maximum Gasteiger partial charge on any atom is 0.315 e. The maximum atomic E-state index is 13.2. The number of rotatable bonds is 7. The SMILES string of the molecule is Cc1ccccc1OCCCNC(=O)NC(C)c1ccc(F)c(F)c1. The van der Waals surface area contributed by atoms with Gasteiger partial charge in [-0.05, 0) is 49.6 Å². The molecule has 134 valence electrons. The van der Waals surface area contributed by atoms with E-state index in [1.165, 1.54) is 6.07 Å². The van der Waals surface area contributed by atoms with Gasteiger partial charge in [0.25, 0.3) is 0 Å². The molecule has 0 heterocycles. The van der Waals surface area contributed by atoms with Crippen molar-refractivity contribution in [1.82, 2.24) is 10.6 Å². The fourth-order valence-corrected chi connectivity index (χ4v) is 2.29. The van der Waals surface area contributed by atoms with E-state index in [-0.39, 0.29) is 6.03 Å². The van der Waals surface area contributed by atoms with E-state index in [1.807, 2.05) is 31.2 Å². The van der Waals surface area contributed by atoms with Crippen LogP contribution < -0.4 is 15.4 Å². The highest BCUT2D eigenvalue weighted by atomic mass is 19.2. The number of aryl methyl sites for hydroxylation is 1. The normalized spacial score (nSPS) is 11.7. The van der Waals surface area contributed by atoms with Gasteiger partial charge in [0.2, 0.25) is 0 Å². The van der Waals surface area contributed by atoms with E-state index in [2.05, 4.69) is 10.6 Å². The Hall–Kier alpha value is -2.63. The zero-order chi connectivity index (χ0) is 18.2. The topological polar surface area (TPSA) is 50.4 Å². The lowest BCUT2D eigenvalue weighted by atomic mass is 10.1. The summed E-state index contributed by atoms with van der Waals surface area (Å²) >= 11 is 0. The van der Waals surface area contributed by atoms with Crippen molar-refractivity contribution < 1.29 is 18.3 Å². The second-order valence-corrected chi connectivity index (χ2v) is 5.76. The van der Waals surface area contributed by atoms with Gasteiger partial charge in [-0.25, -0.2) is 13.6 Å². The van der Waals surface area contributed by atoms with Gasteiger partial charge in [0.1, 0.15) is 5.75 Å². The van der Waals surface area contributed by atoms with Gasteiger partial charge in [-0.3, -0.25) is 0 Å². The van der Waals surface area contributed by atoms with Crippen LogP contribution in [0.15, 0.2) is 42.5 Å². The zero-order valence-electron chi connectivity index (χ0n) is 14.3. The number of nitrogens with one attached hydrogen (secondary N) is 2. The molecule has 2 rings (SSSR count). The van der Waals surface area contributed by atoms with E-state index in [9.17, 15) is 13.6 Å². The van der Waals surface area contributed by atoms with Crippen molar-refractivity contribution in [2.24, 2.45) is 0 Å². The van der Waals surface area contributed by atoms with E-state index in [0.29, 0.717) is 25.1 Å². The molecule has 2 aromatic rings. The molecule has 1 unspecified atom stereocenters. The third-order valence-electron chi connectivity index (χ3n) is 3.75. The molecule has 0 aromatic heterocycles. The number of carbonyl (C=O) groups is 1. The van der Waals surface area contributed by atoms with Gasteiger partial charge < -0.3 is 15.4 Å². The van der Waals surface area contributed by atoms with Crippen molar-refractivity contribution in [3.63, 3.8) is 0 Å². The molecule has 0 aliphatic carbocycles. The van der Waals surface area contributed by atoms with Gasteiger partial charge in [0, 0.05) is 6.54 Å². The zero-order valence-corrected chi connectivity index (χ0v) is 14.3. The van der Waals surface area contributed by atoms with Crippen molar-refractivity contribution in [1.29, 1.82) is 0 Å². The van der Waals surface area contributed by atoms with Crippen molar-refractivity contribution in [2.75, 3.05) is 13.2 Å². The van der Waals surface area contributed by atoms with Crippen molar-refractivity contribution in [3.05, 3.63) is 65.2 Å². The Morgan fingerprint density at radius 3 is 2.64 bits per heavy atom. The Balaban J connectivity index is 1.68. The summed E-state index contributed by atoms with van der Waals surface area (Å²) in [5.74, 6) is -1.01. The fourth-order valence-electron chi connectivity index (χ4n) is 2.29. The number of carbonyl (C=O) groups excluding carboxylic acids is 1. The van der Waals surface area contributed by atoms with Gasteiger partial charge in [0.05, 0.1) is 12.6 Å². The molecule has 2 N–H and O–H groups in total. The highest BCUT2D eigenvalue weighted by Crippen LogP contribution is 2.16. The van der Waals surface area contributed by atoms with Crippen LogP contribution in [-0.2, 0) is 0 Å². The number of benzene rings is 2. The van der Waals surface area contributed by atoms with Crippen LogP contribution in [0.3, 0.4) is 0 Å². The summed E-state index contributed by atoms with van der Waals surface area (Å²) in [6, 6.07) is 10.5. The Morgan fingerprint density at radius 2 is 1.92 bits per heavy atom. The summed E-state index contributed by atoms with van der Waals surface area (Å²) in [4.78, 5) is 11.8. The first-order chi connectivity index (χ1) is 12.0. The van der Waals surface area contributed by atoms with Crippen molar-refractivity contribution in [3.8, 4) is 5.75 Å². The standard InChI is InChI=1S/C19H22F2N2O2/c1-13-6-3-4-7-18(13)25-11-5-10-22-19(24)23-14(2)15-8-9-16(20)17(21)12-15/h3-4,6-9,12,14H,5,10-11H2,1-2H3,(H2,22,23,24). The number of hydrogen-bond donors (Lipinski definition) is 2. The predicted molar refractivity (Wildman–Crippen MR) is 92.6 cm³/mol. The Morgan fingerprint density at radius 1 is 1.16 bits per heavy atom. The largest absolute Gasteiger partial charge is 0.493 e. The second kappa shape index (κ2) is 9.01. The van der Waals surface area contributed by atoms with Crippen molar-refractivity contribution in [2.45, 2.75) is 26.3 Å². The molecule has 0 radical (unpaired) electrons. The molecular weight excluding hydrogens is 326 g/mol. The molecule has 2 amide bonds. The average molecular weight is 348 g/mol. The lowest BCUT2D eigenvalue weighted by molar-refractivity contribution is 0.236. The molecule has 25 heavy (non-hydrogen) atoms. The number of amides is 2. The van der Waals surface area contributed by atoms with Crippen LogP contribution in [0.4, 0.5) is 13.6 Å². The Bertz CT molecular complexity index is 722. The first-order valence-corrected chi connectivity index (χ1v) is 8.15. The number of halogens is 2. The van der Waals surface area contributed by atoms with E-state index < -0.39 is 17.7 Å². The van der Waals surface area contributed by atoms with Crippen molar-refractivity contribution >= 4 is 6.03 Å². The molecular formula is C19H22F2N2O2. The molecule has 0 spiro atoms. The molecule has 0 aliphatic heterocycles. The summed E-state index contributed by atoms with van der Waals surface area (Å²) in [6.07, 6.45) is 0.654. The molecule has 0 bridgehead atoms. The highest BCUT2D eigenvalue weighted by Gasteiger charge is 2.11. The van der Waals surface area contributed by atoms with Crippen LogP contribution in [0.2, 0.25) is 0 Å². The molecule has 6 heteroatoms. The van der Waals surface area contributed by atoms with Crippen LogP contribution in [0.5, 0.6) is 5.75 Å². The van der Waals surface area contributed by atoms with Gasteiger partial charge >= 0.3 is 6.03 Å². The van der Waals surface area contributed by atoms with Crippen LogP contribution in [0.1, 0.15) is 30.5 Å². The lowest BCUT2D eigenvalue weighted by Gasteiger charge is -2.15. The monoisotopic (exact) mass is 348 g/mol. The van der Waals surface area contributed by atoms with E-state index in [1.54, 1.807) is 6.92 Å². The first-order valence-electron chi connectivity index (χ1n) is 8.15. The summed E-state index contributed by atoms with van der Waals surface area (Å²) in [6.45, 7) is 4.61. The molecule has 1 atom stereocenters. The van der Waals surface area contributed by atoms with E-state index in [4.69, 9.17) is 4.74 Å². The van der Waals surface area contributed by atoms with Crippen LogP contribution in [-0.4, -0.2) is 19.2 Å². The smallest absolute Gasteiger partial charge is 0.315 e. The molecule has 0 saturated heterocycles. The predicted octanol–water partition coefficient (Wildman–Crippen LogP) is 4.10. The number of urea groups is 1. The molecule has 4 nitrogen and oxygen atoms in total. The summed E-state index contributed by atoms with van der Waals surface area (Å²) in [7, 11) is 0. The lowest BCUT2D eigenvalue weighted by Crippen LogP contribution is -2.37. The summed E-state index contributed by atoms with van der Waals surface area (Å²) < 4.78 is 31.8. The van der Waals surface area contributed by atoms with Crippen LogP contribution >= 0.6 is 0 Å². The number of ether oxygens (including phenoxy) is 1. The van der Waals surface area contributed by atoms with Gasteiger partial charge in [-0.15, -0.1) is 0 Å². The highest BCUT2D eigenvalue weighted by molar-refractivity contribution is 5.74. The Kier molecular flexibility index (Phi) is 6.74. The molecule has 0 saturated carbocycles. The minimum atomic E-state index is -0.931. The minimum absolute atomic E-state index is 0.367. The third kappa shape index (κ3) is 5.74. The molecule has 0 aliphatic rings. The molecule has 2 aromatic carbocycles. The number of hydrogen-bond acceptors (Lipinski definition) is 2.